The number of carbonyl (C=O) groups excluding carboxylic acids is 1. The first-order valence-electron chi connectivity index (χ1n) is 6.11. The molecule has 1 rings (SSSR count). The van der Waals surface area contributed by atoms with E-state index in [9.17, 15) is 18.0 Å². The van der Waals surface area contributed by atoms with Crippen LogP contribution in [0.2, 0.25) is 0 Å². The van der Waals surface area contributed by atoms with Crippen LogP contribution in [0.25, 0.3) is 0 Å². The summed E-state index contributed by atoms with van der Waals surface area (Å²) in [7, 11) is 0. The molecule has 0 spiro atoms. The van der Waals surface area contributed by atoms with E-state index < -0.39 is 12.1 Å². The highest BCUT2D eigenvalue weighted by Crippen LogP contribution is 2.16. The standard InChI is InChI=1S/C11H19F3N2O2/c12-11(13,14)10(17)18-8-2-6-16-5-1-3-9(15)4-7-16/h9H,1-8,15H2/t9-/m0/s1. The lowest BCUT2D eigenvalue weighted by molar-refractivity contribution is -0.199. The van der Waals surface area contributed by atoms with Gasteiger partial charge >= 0.3 is 12.1 Å². The van der Waals surface area contributed by atoms with Crippen LogP contribution in [-0.2, 0) is 9.53 Å². The van der Waals surface area contributed by atoms with E-state index in [2.05, 4.69) is 9.64 Å². The molecule has 0 aliphatic carbocycles. The van der Waals surface area contributed by atoms with Crippen LogP contribution < -0.4 is 5.73 Å². The number of ether oxygens (including phenoxy) is 1. The first-order chi connectivity index (χ1) is 8.39. The molecule has 1 fully saturated rings. The molecule has 0 aromatic rings. The number of carbonyl (C=O) groups is 1. The Morgan fingerprint density at radius 3 is 2.72 bits per heavy atom. The summed E-state index contributed by atoms with van der Waals surface area (Å²) in [5.74, 6) is -2.11. The van der Waals surface area contributed by atoms with Crippen molar-refractivity contribution in [3.05, 3.63) is 0 Å². The minimum atomic E-state index is -4.89. The first-order valence-corrected chi connectivity index (χ1v) is 6.11. The molecule has 1 heterocycles. The highest BCUT2D eigenvalue weighted by atomic mass is 19.4. The van der Waals surface area contributed by atoms with Crippen molar-refractivity contribution in [3.63, 3.8) is 0 Å². The van der Waals surface area contributed by atoms with E-state index in [1.54, 1.807) is 0 Å². The van der Waals surface area contributed by atoms with Crippen LogP contribution in [0.15, 0.2) is 0 Å². The summed E-state index contributed by atoms with van der Waals surface area (Å²) in [6, 6.07) is 0.220. The van der Waals surface area contributed by atoms with Gasteiger partial charge in [-0.1, -0.05) is 0 Å². The van der Waals surface area contributed by atoms with Gasteiger partial charge in [0, 0.05) is 12.6 Å². The fourth-order valence-corrected chi connectivity index (χ4v) is 1.94. The fraction of sp³-hybridized carbons (Fsp3) is 0.909. The molecule has 0 bridgehead atoms. The minimum Gasteiger partial charge on any atom is -0.459 e. The van der Waals surface area contributed by atoms with Crippen LogP contribution in [0.4, 0.5) is 13.2 Å². The second-order valence-electron chi connectivity index (χ2n) is 4.52. The molecule has 7 heteroatoms. The first kappa shape index (κ1) is 15.2. The number of alkyl halides is 3. The predicted molar refractivity (Wildman–Crippen MR) is 59.9 cm³/mol. The number of halogens is 3. The molecule has 0 amide bonds. The Bertz CT molecular complexity index is 272. The number of likely N-dealkylation sites (tertiary alicyclic amines) is 1. The maximum Gasteiger partial charge on any atom is 0.490 e. The SMILES string of the molecule is N[C@H]1CCCN(CCCOC(=O)C(F)(F)F)CC1. The molecule has 0 unspecified atom stereocenters. The van der Waals surface area contributed by atoms with Gasteiger partial charge in [-0.25, -0.2) is 4.79 Å². The third kappa shape index (κ3) is 5.68. The molecular weight excluding hydrogens is 249 g/mol. The van der Waals surface area contributed by atoms with Gasteiger partial charge in [0.05, 0.1) is 6.61 Å². The Labute approximate surface area is 104 Å². The smallest absolute Gasteiger partial charge is 0.459 e. The maximum atomic E-state index is 11.8. The molecule has 0 saturated carbocycles. The van der Waals surface area contributed by atoms with Crippen molar-refractivity contribution in [2.24, 2.45) is 5.73 Å². The molecule has 1 aliphatic heterocycles. The Morgan fingerprint density at radius 1 is 1.33 bits per heavy atom. The Kier molecular flexibility index (Phi) is 5.87. The molecule has 1 saturated heterocycles. The van der Waals surface area contributed by atoms with Gasteiger partial charge in [-0.05, 0) is 38.8 Å². The lowest BCUT2D eigenvalue weighted by Crippen LogP contribution is -2.30. The van der Waals surface area contributed by atoms with Crippen molar-refractivity contribution >= 4 is 5.97 Å². The molecule has 0 aromatic carbocycles. The zero-order valence-corrected chi connectivity index (χ0v) is 10.2. The van der Waals surface area contributed by atoms with Gasteiger partial charge < -0.3 is 15.4 Å². The summed E-state index contributed by atoms with van der Waals surface area (Å²) in [6.07, 6.45) is -1.59. The van der Waals surface area contributed by atoms with E-state index in [-0.39, 0.29) is 12.6 Å². The number of nitrogens with two attached hydrogens (primary N) is 1. The van der Waals surface area contributed by atoms with Gasteiger partial charge in [0.25, 0.3) is 0 Å². The largest absolute Gasteiger partial charge is 0.490 e. The molecular formula is C11H19F3N2O2. The molecule has 2 N–H and O–H groups in total. The third-order valence-electron chi connectivity index (χ3n) is 2.95. The van der Waals surface area contributed by atoms with Crippen molar-refractivity contribution in [2.75, 3.05) is 26.2 Å². The number of nitrogens with zero attached hydrogens (tertiary/aromatic N) is 1. The molecule has 0 aromatic heterocycles. The Hall–Kier alpha value is -0.820. The summed E-state index contributed by atoms with van der Waals surface area (Å²) in [5, 5.41) is 0. The van der Waals surface area contributed by atoms with Crippen LogP contribution in [0.5, 0.6) is 0 Å². The van der Waals surface area contributed by atoms with Gasteiger partial charge in [0.2, 0.25) is 0 Å². The highest BCUT2D eigenvalue weighted by molar-refractivity contribution is 5.75. The van der Waals surface area contributed by atoms with Gasteiger partial charge in [0.1, 0.15) is 0 Å². The Balaban J connectivity index is 2.12. The molecule has 4 nitrogen and oxygen atoms in total. The third-order valence-corrected chi connectivity index (χ3v) is 2.95. The molecule has 18 heavy (non-hydrogen) atoms. The van der Waals surface area contributed by atoms with E-state index in [1.165, 1.54) is 0 Å². The summed E-state index contributed by atoms with van der Waals surface area (Å²) >= 11 is 0. The van der Waals surface area contributed by atoms with Crippen molar-refractivity contribution in [1.29, 1.82) is 0 Å². The van der Waals surface area contributed by atoms with Gasteiger partial charge in [-0.2, -0.15) is 13.2 Å². The molecule has 106 valence electrons. The fourth-order valence-electron chi connectivity index (χ4n) is 1.94. The van der Waals surface area contributed by atoms with Crippen molar-refractivity contribution in [3.8, 4) is 0 Å². The van der Waals surface area contributed by atoms with Crippen molar-refractivity contribution in [1.82, 2.24) is 4.90 Å². The van der Waals surface area contributed by atoms with Crippen molar-refractivity contribution in [2.45, 2.75) is 37.9 Å². The zero-order chi connectivity index (χ0) is 13.6. The molecule has 1 atom stereocenters. The van der Waals surface area contributed by atoms with E-state index in [4.69, 9.17) is 5.73 Å². The van der Waals surface area contributed by atoms with Crippen molar-refractivity contribution < 1.29 is 22.7 Å². The normalized spacial score (nSPS) is 22.6. The number of hydrogen-bond acceptors (Lipinski definition) is 4. The van der Waals surface area contributed by atoms with Gasteiger partial charge in [0.15, 0.2) is 0 Å². The van der Waals surface area contributed by atoms with E-state index in [0.717, 1.165) is 32.4 Å². The minimum absolute atomic E-state index is 0.194. The quantitative estimate of drug-likeness (QED) is 0.616. The van der Waals surface area contributed by atoms with Crippen LogP contribution in [0.1, 0.15) is 25.7 Å². The summed E-state index contributed by atoms with van der Waals surface area (Å²) in [6.45, 7) is 2.20. The van der Waals surface area contributed by atoms with Crippen LogP contribution in [0, 0.1) is 0 Å². The van der Waals surface area contributed by atoms with E-state index >= 15 is 0 Å². The molecule has 0 radical (unpaired) electrons. The summed E-state index contributed by atoms with van der Waals surface area (Å²) < 4.78 is 39.6. The maximum absolute atomic E-state index is 11.8. The van der Waals surface area contributed by atoms with Crippen LogP contribution in [0.3, 0.4) is 0 Å². The topological polar surface area (TPSA) is 55.6 Å². The van der Waals surface area contributed by atoms with Gasteiger partial charge in [-0.15, -0.1) is 0 Å². The van der Waals surface area contributed by atoms with E-state index in [1.807, 2.05) is 0 Å². The van der Waals surface area contributed by atoms with E-state index in [0.29, 0.717) is 13.0 Å². The number of hydrogen-bond donors (Lipinski definition) is 1. The summed E-state index contributed by atoms with van der Waals surface area (Å²) in [4.78, 5) is 12.6. The van der Waals surface area contributed by atoms with Crippen LogP contribution >= 0.6 is 0 Å². The lowest BCUT2D eigenvalue weighted by atomic mass is 10.1. The van der Waals surface area contributed by atoms with Gasteiger partial charge in [-0.3, -0.25) is 0 Å². The predicted octanol–water partition coefficient (Wildman–Crippen LogP) is 1.30. The summed E-state index contributed by atoms with van der Waals surface area (Å²) in [5.41, 5.74) is 5.82. The number of rotatable bonds is 4. The zero-order valence-electron chi connectivity index (χ0n) is 10.2. The monoisotopic (exact) mass is 268 g/mol. The Morgan fingerprint density at radius 2 is 2.06 bits per heavy atom. The average Bonchev–Trinajstić information content (AvgIpc) is 2.48. The molecule has 1 aliphatic rings. The van der Waals surface area contributed by atoms with Crippen LogP contribution in [-0.4, -0.2) is 49.3 Å². The second-order valence-corrected chi connectivity index (χ2v) is 4.52. The lowest BCUT2D eigenvalue weighted by Gasteiger charge is -2.19. The highest BCUT2D eigenvalue weighted by Gasteiger charge is 2.40. The average molecular weight is 268 g/mol. The number of esters is 1. The second kappa shape index (κ2) is 6.94.